The molecule has 5 aliphatic rings. The molecule has 1 aromatic rings. The topological polar surface area (TPSA) is 84.9 Å². The summed E-state index contributed by atoms with van der Waals surface area (Å²) in [5, 5.41) is 9.40. The van der Waals surface area contributed by atoms with Gasteiger partial charge in [-0.3, -0.25) is 18.7 Å². The highest BCUT2D eigenvalue weighted by atomic mass is 16.2. The SMILES string of the molecule is N#Cc1c2n(c(=O)n(CC(=O)C34CC5CC(CC(C5)C3)C4)c1=O)CCC2. The van der Waals surface area contributed by atoms with Crippen molar-refractivity contribution < 1.29 is 4.79 Å². The van der Waals surface area contributed by atoms with E-state index in [0.717, 1.165) is 30.3 Å². The summed E-state index contributed by atoms with van der Waals surface area (Å²) in [6.45, 7) is 0.355. The second kappa shape index (κ2) is 5.42. The number of hydrogen-bond donors (Lipinski definition) is 0. The van der Waals surface area contributed by atoms with Crippen LogP contribution in [0.15, 0.2) is 9.59 Å². The van der Waals surface area contributed by atoms with Crippen molar-refractivity contribution >= 4 is 5.78 Å². The number of nitrogens with zero attached hydrogens (tertiary/aromatic N) is 3. The molecule has 1 aliphatic heterocycles. The maximum Gasteiger partial charge on any atom is 0.331 e. The van der Waals surface area contributed by atoms with E-state index in [-0.39, 0.29) is 23.3 Å². The van der Waals surface area contributed by atoms with Crippen LogP contribution < -0.4 is 11.2 Å². The Labute approximate surface area is 151 Å². The van der Waals surface area contributed by atoms with Crippen LogP contribution in [-0.4, -0.2) is 14.9 Å². The Morgan fingerprint density at radius 1 is 1.12 bits per heavy atom. The number of hydrogen-bond acceptors (Lipinski definition) is 4. The van der Waals surface area contributed by atoms with Gasteiger partial charge in [0.05, 0.1) is 6.54 Å². The molecule has 4 saturated carbocycles. The fourth-order valence-corrected chi connectivity index (χ4v) is 6.65. The largest absolute Gasteiger partial charge is 0.331 e. The van der Waals surface area contributed by atoms with Crippen molar-refractivity contribution in [3.8, 4) is 6.07 Å². The van der Waals surface area contributed by atoms with Crippen molar-refractivity contribution in [2.24, 2.45) is 23.2 Å². The second-order valence-electron chi connectivity index (χ2n) is 8.98. The number of fused-ring (bicyclic) bond motifs is 1. The summed E-state index contributed by atoms with van der Waals surface area (Å²) in [5.74, 6) is 1.95. The molecule has 4 fully saturated rings. The fraction of sp³-hybridized carbons (Fsp3) is 0.700. The Morgan fingerprint density at radius 3 is 2.31 bits per heavy atom. The van der Waals surface area contributed by atoms with E-state index >= 15 is 0 Å². The number of aromatic nitrogens is 2. The average molecular weight is 353 g/mol. The summed E-state index contributed by atoms with van der Waals surface area (Å²) in [4.78, 5) is 38.8. The molecule has 2 heterocycles. The number of carbonyl (C=O) groups is 1. The highest BCUT2D eigenvalue weighted by Gasteiger charge is 2.54. The van der Waals surface area contributed by atoms with Crippen LogP contribution in [-0.2, 0) is 24.3 Å². The van der Waals surface area contributed by atoms with Gasteiger partial charge in [-0.2, -0.15) is 5.26 Å². The molecule has 0 amide bonds. The van der Waals surface area contributed by atoms with Gasteiger partial charge >= 0.3 is 5.69 Å². The van der Waals surface area contributed by atoms with Gasteiger partial charge in [0.2, 0.25) is 0 Å². The second-order valence-corrected chi connectivity index (χ2v) is 8.98. The van der Waals surface area contributed by atoms with E-state index in [9.17, 15) is 19.6 Å². The lowest BCUT2D eigenvalue weighted by Gasteiger charge is -2.56. The molecule has 136 valence electrons. The van der Waals surface area contributed by atoms with E-state index in [1.807, 2.05) is 6.07 Å². The first-order valence-electron chi connectivity index (χ1n) is 9.80. The molecule has 1 aromatic heterocycles. The monoisotopic (exact) mass is 353 g/mol. The van der Waals surface area contributed by atoms with Crippen molar-refractivity contribution in [2.45, 2.75) is 64.5 Å². The molecule has 26 heavy (non-hydrogen) atoms. The third-order valence-corrected chi connectivity index (χ3v) is 7.37. The van der Waals surface area contributed by atoms with Crippen LogP contribution in [0.1, 0.15) is 56.2 Å². The first-order chi connectivity index (χ1) is 12.5. The lowest BCUT2D eigenvalue weighted by atomic mass is 9.48. The lowest BCUT2D eigenvalue weighted by molar-refractivity contribution is -0.144. The van der Waals surface area contributed by atoms with Gasteiger partial charge in [-0.05, 0) is 69.1 Å². The first-order valence-corrected chi connectivity index (χ1v) is 9.80. The molecular formula is C20H23N3O3. The number of carbonyl (C=O) groups excluding carboxylic acids is 1. The molecular weight excluding hydrogens is 330 g/mol. The Morgan fingerprint density at radius 2 is 1.73 bits per heavy atom. The average Bonchev–Trinajstić information content (AvgIpc) is 3.07. The molecule has 0 saturated heterocycles. The summed E-state index contributed by atoms with van der Waals surface area (Å²) >= 11 is 0. The molecule has 0 radical (unpaired) electrons. The maximum absolute atomic E-state index is 13.3. The fourth-order valence-electron chi connectivity index (χ4n) is 6.65. The normalized spacial score (nSPS) is 33.9. The summed E-state index contributed by atoms with van der Waals surface area (Å²) in [6, 6.07) is 1.97. The van der Waals surface area contributed by atoms with Gasteiger partial charge in [-0.1, -0.05) is 0 Å². The van der Waals surface area contributed by atoms with Gasteiger partial charge in [0.15, 0.2) is 5.78 Å². The molecule has 0 unspecified atom stereocenters. The zero-order valence-corrected chi connectivity index (χ0v) is 14.9. The molecule has 6 rings (SSSR count). The molecule has 0 atom stereocenters. The molecule has 0 N–H and O–H groups in total. The maximum atomic E-state index is 13.3. The minimum Gasteiger partial charge on any atom is -0.297 e. The van der Waals surface area contributed by atoms with Gasteiger partial charge in [-0.25, -0.2) is 4.79 Å². The van der Waals surface area contributed by atoms with Crippen LogP contribution in [0.25, 0.3) is 0 Å². The Hall–Kier alpha value is -2.16. The molecule has 0 aromatic carbocycles. The van der Waals surface area contributed by atoms with Crippen LogP contribution in [0.2, 0.25) is 0 Å². The molecule has 4 aliphatic carbocycles. The standard InChI is InChI=1S/C20H23N3O3/c21-10-15-16-2-1-3-22(16)19(26)23(18(15)25)11-17(24)20-7-12-4-13(8-20)6-14(5-12)9-20/h12-14H,1-9,11H2. The molecule has 4 bridgehead atoms. The Kier molecular flexibility index (Phi) is 3.34. The smallest absolute Gasteiger partial charge is 0.297 e. The van der Waals surface area contributed by atoms with Crippen molar-refractivity contribution in [1.82, 2.24) is 9.13 Å². The van der Waals surface area contributed by atoms with E-state index < -0.39 is 11.2 Å². The van der Waals surface area contributed by atoms with Crippen LogP contribution in [0.5, 0.6) is 0 Å². The predicted octanol–water partition coefficient (Wildman–Crippen LogP) is 1.61. The van der Waals surface area contributed by atoms with E-state index in [4.69, 9.17) is 0 Å². The quantitative estimate of drug-likeness (QED) is 0.826. The lowest BCUT2D eigenvalue weighted by Crippen LogP contribution is -2.52. The van der Waals surface area contributed by atoms with E-state index in [1.54, 1.807) is 0 Å². The van der Waals surface area contributed by atoms with Crippen LogP contribution in [0.3, 0.4) is 0 Å². The number of ketones is 1. The highest BCUT2D eigenvalue weighted by molar-refractivity contribution is 5.85. The Balaban J connectivity index is 1.53. The third-order valence-electron chi connectivity index (χ3n) is 7.37. The summed E-state index contributed by atoms with van der Waals surface area (Å²) in [7, 11) is 0. The molecule has 6 nitrogen and oxygen atoms in total. The first kappa shape index (κ1) is 16.0. The van der Waals surface area contributed by atoms with E-state index in [2.05, 4.69) is 0 Å². The van der Waals surface area contributed by atoms with E-state index in [1.165, 1.54) is 23.8 Å². The minimum atomic E-state index is -0.580. The van der Waals surface area contributed by atoms with Crippen molar-refractivity contribution in [3.05, 3.63) is 32.1 Å². The van der Waals surface area contributed by atoms with Crippen molar-refractivity contribution in [2.75, 3.05) is 0 Å². The number of Topliss-reactive ketones (excluding diaryl/α,β-unsaturated/α-hetero) is 1. The zero-order valence-electron chi connectivity index (χ0n) is 14.9. The van der Waals surface area contributed by atoms with Gasteiger partial charge in [0.1, 0.15) is 11.6 Å². The predicted molar refractivity (Wildman–Crippen MR) is 93.6 cm³/mol. The van der Waals surface area contributed by atoms with Crippen molar-refractivity contribution in [1.29, 1.82) is 5.26 Å². The summed E-state index contributed by atoms with van der Waals surface area (Å²) in [6.07, 6.45) is 7.83. The van der Waals surface area contributed by atoms with Crippen LogP contribution in [0, 0.1) is 34.5 Å². The highest BCUT2D eigenvalue weighted by Crippen LogP contribution is 2.60. The zero-order chi connectivity index (χ0) is 18.1. The van der Waals surface area contributed by atoms with Gasteiger partial charge in [0, 0.05) is 17.7 Å². The minimum absolute atomic E-state index is 0.0400. The van der Waals surface area contributed by atoms with Gasteiger partial charge in [0.25, 0.3) is 5.56 Å². The summed E-state index contributed by atoms with van der Waals surface area (Å²) in [5.41, 5.74) is -0.748. The Bertz CT molecular complexity index is 927. The summed E-state index contributed by atoms with van der Waals surface area (Å²) < 4.78 is 2.56. The molecule has 0 spiro atoms. The van der Waals surface area contributed by atoms with Gasteiger partial charge < -0.3 is 0 Å². The van der Waals surface area contributed by atoms with Gasteiger partial charge in [-0.15, -0.1) is 0 Å². The van der Waals surface area contributed by atoms with Crippen LogP contribution >= 0.6 is 0 Å². The number of nitriles is 1. The van der Waals surface area contributed by atoms with E-state index in [0.29, 0.717) is 36.4 Å². The van der Waals surface area contributed by atoms with Crippen molar-refractivity contribution in [3.63, 3.8) is 0 Å². The number of rotatable bonds is 3. The third kappa shape index (κ3) is 2.12. The molecule has 6 heteroatoms. The van der Waals surface area contributed by atoms with Crippen LogP contribution in [0.4, 0.5) is 0 Å².